The number of nitrogens with zero attached hydrogens (tertiary/aromatic N) is 3. The van der Waals surface area contributed by atoms with E-state index in [1.54, 1.807) is 0 Å². The third kappa shape index (κ3) is 4.18. The number of nitrogens with one attached hydrogen (secondary N) is 1. The maximum absolute atomic E-state index is 12.4. The van der Waals surface area contributed by atoms with E-state index in [1.165, 1.54) is 0 Å². The lowest BCUT2D eigenvalue weighted by Crippen LogP contribution is -2.44. The Balaban J connectivity index is 2.26. The lowest BCUT2D eigenvalue weighted by molar-refractivity contribution is -0.394. The molecule has 0 heterocycles. The van der Waals surface area contributed by atoms with Gasteiger partial charge in [-0.2, -0.15) is 0 Å². The molecule has 24 heavy (non-hydrogen) atoms. The first kappa shape index (κ1) is 17.6. The number of isothiocyanates is 1. The quantitative estimate of drug-likeness (QED) is 0.376. The van der Waals surface area contributed by atoms with Gasteiger partial charge in [0.1, 0.15) is 0 Å². The Morgan fingerprint density at radius 1 is 1.17 bits per heavy atom. The molecule has 1 saturated carbocycles. The second-order valence-electron chi connectivity index (χ2n) is 5.40. The van der Waals surface area contributed by atoms with Crippen LogP contribution in [0.5, 0.6) is 0 Å². The van der Waals surface area contributed by atoms with Crippen molar-refractivity contribution < 1.29 is 14.6 Å². The highest BCUT2D eigenvalue weighted by atomic mass is 32.1. The van der Waals surface area contributed by atoms with Crippen LogP contribution in [0.2, 0.25) is 0 Å². The van der Waals surface area contributed by atoms with Crippen molar-refractivity contribution in [2.45, 2.75) is 37.8 Å². The molecular weight excluding hydrogens is 336 g/mol. The summed E-state index contributed by atoms with van der Waals surface area (Å²) in [6.07, 6.45) is 3.31. The van der Waals surface area contributed by atoms with E-state index in [9.17, 15) is 25.0 Å². The zero-order valence-corrected chi connectivity index (χ0v) is 13.3. The smallest absolute Gasteiger partial charge is 0.277 e. The number of hydrogen-bond acceptors (Lipinski definition) is 7. The molecule has 0 unspecified atom stereocenters. The summed E-state index contributed by atoms with van der Waals surface area (Å²) < 4.78 is 0. The number of nitro benzene ring substituents is 2. The SMILES string of the molecule is O=C(N[C@H]1CCCC[C@@H]1N=C=S)c1cc([N+](=O)[O-])cc([N+](=O)[O-])c1. The lowest BCUT2D eigenvalue weighted by Gasteiger charge is -2.28. The van der Waals surface area contributed by atoms with Gasteiger partial charge in [0.05, 0.1) is 38.7 Å². The van der Waals surface area contributed by atoms with Crippen LogP contribution >= 0.6 is 12.2 Å². The van der Waals surface area contributed by atoms with E-state index in [2.05, 4.69) is 27.7 Å². The first-order valence-electron chi connectivity index (χ1n) is 7.24. The van der Waals surface area contributed by atoms with Gasteiger partial charge in [0.25, 0.3) is 17.3 Å². The third-order valence-corrected chi connectivity index (χ3v) is 3.96. The molecule has 1 aliphatic rings. The molecule has 0 saturated heterocycles. The molecule has 1 aliphatic carbocycles. The van der Waals surface area contributed by atoms with E-state index in [4.69, 9.17) is 0 Å². The first-order chi connectivity index (χ1) is 11.4. The van der Waals surface area contributed by atoms with Crippen LogP contribution in [0.1, 0.15) is 36.0 Å². The number of thiocarbonyl (C=S) groups is 1. The van der Waals surface area contributed by atoms with Crippen molar-refractivity contribution in [3.05, 3.63) is 44.0 Å². The van der Waals surface area contributed by atoms with Crippen molar-refractivity contribution in [1.29, 1.82) is 0 Å². The van der Waals surface area contributed by atoms with Gasteiger partial charge in [-0.05, 0) is 25.1 Å². The Morgan fingerprint density at radius 2 is 1.75 bits per heavy atom. The molecule has 0 aliphatic heterocycles. The average Bonchev–Trinajstić information content (AvgIpc) is 2.56. The van der Waals surface area contributed by atoms with Crippen LogP contribution in [-0.2, 0) is 0 Å². The molecule has 0 aromatic heterocycles. The van der Waals surface area contributed by atoms with Gasteiger partial charge in [0.15, 0.2) is 0 Å². The van der Waals surface area contributed by atoms with E-state index in [0.29, 0.717) is 6.42 Å². The number of nitro groups is 2. The molecule has 1 fully saturated rings. The highest BCUT2D eigenvalue weighted by Gasteiger charge is 2.27. The summed E-state index contributed by atoms with van der Waals surface area (Å²) in [5.74, 6) is -0.613. The molecule has 1 amide bonds. The van der Waals surface area contributed by atoms with Crippen molar-refractivity contribution in [3.8, 4) is 0 Å². The van der Waals surface area contributed by atoms with Gasteiger partial charge in [-0.15, -0.1) is 0 Å². The van der Waals surface area contributed by atoms with Crippen molar-refractivity contribution in [1.82, 2.24) is 5.32 Å². The average molecular weight is 350 g/mol. The van der Waals surface area contributed by atoms with Crippen LogP contribution in [0.15, 0.2) is 23.2 Å². The topological polar surface area (TPSA) is 128 Å². The number of aliphatic imine (C=N–C) groups is 1. The number of benzene rings is 1. The molecule has 9 nitrogen and oxygen atoms in total. The lowest BCUT2D eigenvalue weighted by atomic mass is 9.90. The monoisotopic (exact) mass is 350 g/mol. The summed E-state index contributed by atoms with van der Waals surface area (Å²) in [5.41, 5.74) is -1.15. The molecule has 2 atom stereocenters. The molecule has 0 radical (unpaired) electrons. The van der Waals surface area contributed by atoms with Gasteiger partial charge < -0.3 is 5.32 Å². The molecule has 126 valence electrons. The van der Waals surface area contributed by atoms with Crippen LogP contribution in [-0.4, -0.2) is 33.0 Å². The number of amides is 1. The van der Waals surface area contributed by atoms with Crippen molar-refractivity contribution in [2.24, 2.45) is 4.99 Å². The van der Waals surface area contributed by atoms with Crippen LogP contribution in [0.3, 0.4) is 0 Å². The number of non-ortho nitro benzene ring substituents is 2. The van der Waals surface area contributed by atoms with Crippen LogP contribution in [0.25, 0.3) is 0 Å². The Kier molecular flexibility index (Phi) is 5.67. The Morgan fingerprint density at radius 3 is 2.29 bits per heavy atom. The molecule has 10 heteroatoms. The molecule has 1 aromatic carbocycles. The maximum atomic E-state index is 12.4. The third-order valence-electron chi connectivity index (χ3n) is 3.85. The molecule has 1 N–H and O–H groups in total. The highest BCUT2D eigenvalue weighted by molar-refractivity contribution is 7.78. The summed E-state index contributed by atoms with van der Waals surface area (Å²) in [5, 5.41) is 26.8. The molecule has 1 aromatic rings. The van der Waals surface area contributed by atoms with E-state index in [-0.39, 0.29) is 17.6 Å². The van der Waals surface area contributed by atoms with E-state index >= 15 is 0 Å². The van der Waals surface area contributed by atoms with Gasteiger partial charge in [0, 0.05) is 12.1 Å². The van der Waals surface area contributed by atoms with Gasteiger partial charge >= 0.3 is 0 Å². The standard InChI is InChI=1S/C14H14N4O5S/c19-14(16-13-4-2-1-3-12(13)15-8-24)9-5-10(17(20)21)7-11(6-9)18(22)23/h5-7,12-13H,1-4H2,(H,16,19)/t12-,13-/m0/s1. The maximum Gasteiger partial charge on any atom is 0.277 e. The fourth-order valence-electron chi connectivity index (χ4n) is 2.69. The van der Waals surface area contributed by atoms with Crippen LogP contribution < -0.4 is 5.32 Å². The van der Waals surface area contributed by atoms with E-state index in [0.717, 1.165) is 37.5 Å². The second-order valence-corrected chi connectivity index (χ2v) is 5.59. The second kappa shape index (κ2) is 7.71. The van der Waals surface area contributed by atoms with Crippen LogP contribution in [0.4, 0.5) is 11.4 Å². The summed E-state index contributed by atoms with van der Waals surface area (Å²) in [6, 6.07) is 2.37. The van der Waals surface area contributed by atoms with Gasteiger partial charge in [-0.1, -0.05) is 12.8 Å². The van der Waals surface area contributed by atoms with E-state index in [1.807, 2.05) is 0 Å². The van der Waals surface area contributed by atoms with E-state index < -0.39 is 27.1 Å². The molecule has 0 spiro atoms. The predicted octanol–water partition coefficient (Wildman–Crippen LogP) is 2.65. The van der Waals surface area contributed by atoms with Crippen LogP contribution in [0, 0.1) is 20.2 Å². The van der Waals surface area contributed by atoms with Gasteiger partial charge in [0.2, 0.25) is 0 Å². The van der Waals surface area contributed by atoms with Crippen molar-refractivity contribution in [2.75, 3.05) is 0 Å². The number of hydrogen-bond donors (Lipinski definition) is 1. The summed E-state index contributed by atoms with van der Waals surface area (Å²) >= 11 is 4.61. The summed E-state index contributed by atoms with van der Waals surface area (Å²) in [7, 11) is 0. The molecular formula is C14H14N4O5S. The summed E-state index contributed by atoms with van der Waals surface area (Å²) in [6.45, 7) is 0. The number of rotatable bonds is 5. The van der Waals surface area contributed by atoms with Gasteiger partial charge in [-0.3, -0.25) is 25.0 Å². The normalized spacial score (nSPS) is 19.8. The predicted molar refractivity (Wildman–Crippen MR) is 88.3 cm³/mol. The van der Waals surface area contributed by atoms with Crippen molar-refractivity contribution in [3.63, 3.8) is 0 Å². The highest BCUT2D eigenvalue weighted by Crippen LogP contribution is 2.24. The minimum atomic E-state index is -0.774. The fraction of sp³-hybridized carbons (Fsp3) is 0.429. The summed E-state index contributed by atoms with van der Waals surface area (Å²) in [4.78, 5) is 36.6. The molecule has 0 bridgehead atoms. The fourth-order valence-corrected chi connectivity index (χ4v) is 2.83. The minimum absolute atomic E-state index is 0.133. The molecule has 2 rings (SSSR count). The first-order valence-corrected chi connectivity index (χ1v) is 7.65. The zero-order valence-electron chi connectivity index (χ0n) is 12.5. The van der Waals surface area contributed by atoms with Crippen molar-refractivity contribution >= 4 is 34.7 Å². The number of carbonyl (C=O) groups is 1. The Hall–Kier alpha value is -2.71. The largest absolute Gasteiger partial charge is 0.347 e. The Bertz CT molecular complexity index is 700. The number of carbonyl (C=O) groups excluding carboxylic acids is 1. The Labute approximate surface area is 142 Å². The minimum Gasteiger partial charge on any atom is -0.347 e. The van der Waals surface area contributed by atoms with Gasteiger partial charge in [-0.25, -0.2) is 4.99 Å². The zero-order chi connectivity index (χ0) is 17.7.